The Hall–Kier alpha value is -3.54. The van der Waals surface area contributed by atoms with Crippen LogP contribution in [0.25, 0.3) is 6.08 Å². The van der Waals surface area contributed by atoms with E-state index in [1.807, 2.05) is 36.4 Å². The number of hydrogen-bond donors (Lipinski definition) is 0. The first-order valence-corrected chi connectivity index (χ1v) is 12.8. The van der Waals surface area contributed by atoms with Crippen LogP contribution >= 0.6 is 0 Å². The van der Waals surface area contributed by atoms with E-state index in [4.69, 9.17) is 4.74 Å². The maximum atomic E-state index is 14.0. The van der Waals surface area contributed by atoms with Crippen molar-refractivity contribution in [2.75, 3.05) is 25.1 Å². The Bertz CT molecular complexity index is 1340. The third-order valence-electron chi connectivity index (χ3n) is 7.50. The van der Waals surface area contributed by atoms with Crippen molar-refractivity contribution in [3.05, 3.63) is 94.8 Å². The molecule has 194 valence electrons. The fraction of sp³-hybridized carbons (Fsp3) is 0.323. The van der Waals surface area contributed by atoms with Crippen LogP contribution in [0, 0.1) is 17.5 Å². The zero-order valence-corrected chi connectivity index (χ0v) is 22.1. The van der Waals surface area contributed by atoms with Gasteiger partial charge >= 0.3 is 0 Å². The first-order valence-electron chi connectivity index (χ1n) is 12.8. The Morgan fingerprint density at radius 1 is 0.919 bits per heavy atom. The highest BCUT2D eigenvalue weighted by atomic mass is 19.2. The third-order valence-corrected chi connectivity index (χ3v) is 7.50. The third kappa shape index (κ3) is 4.89. The molecule has 0 aliphatic carbocycles. The largest absolute Gasteiger partial charge is 0.496 e. The average molecular weight is 508 g/mol. The molecular weight excluding hydrogens is 473 g/mol. The van der Waals surface area contributed by atoms with E-state index < -0.39 is 17.5 Å². The molecule has 0 N–H and O–H groups in total. The molecule has 1 aliphatic rings. The molecule has 0 fully saturated rings. The van der Waals surface area contributed by atoms with Crippen LogP contribution in [0.5, 0.6) is 5.75 Å². The average Bonchev–Trinajstić information content (AvgIpc) is 3.14. The lowest BCUT2D eigenvalue weighted by Crippen LogP contribution is -2.30. The standard InChI is InChI=1S/C31H34F3N2O/c1-6-31(4)24-11-9-10-12-27(24)36(20-21-17-25(32)30(34)26(33)18-21)29(31)16-14-22-13-15-23(19-28(22)37-5)35(7-2)8-3/h9-19H,6-8,20H2,1-5H3/q+1. The molecular formula is C31H34F3N2O+. The van der Waals surface area contributed by atoms with E-state index in [2.05, 4.69) is 55.4 Å². The molecule has 0 bridgehead atoms. The van der Waals surface area contributed by atoms with E-state index in [9.17, 15) is 13.2 Å². The molecule has 0 amide bonds. The Balaban J connectivity index is 1.82. The van der Waals surface area contributed by atoms with Gasteiger partial charge in [-0.25, -0.2) is 13.2 Å². The number of methoxy groups -OCH3 is 1. The zero-order valence-electron chi connectivity index (χ0n) is 22.1. The summed E-state index contributed by atoms with van der Waals surface area (Å²) in [5.74, 6) is -3.05. The summed E-state index contributed by atoms with van der Waals surface area (Å²) in [6.45, 7) is 10.6. The molecule has 0 radical (unpaired) electrons. The van der Waals surface area contributed by atoms with Crippen LogP contribution in [-0.4, -0.2) is 30.5 Å². The van der Waals surface area contributed by atoms with Crippen LogP contribution in [0.4, 0.5) is 24.5 Å². The number of benzene rings is 3. The van der Waals surface area contributed by atoms with Gasteiger partial charge in [0, 0.05) is 53.7 Å². The highest BCUT2D eigenvalue weighted by Crippen LogP contribution is 2.43. The Labute approximate surface area is 217 Å². The smallest absolute Gasteiger partial charge is 0.210 e. The number of fused-ring (bicyclic) bond motifs is 1. The summed E-state index contributed by atoms with van der Waals surface area (Å²) >= 11 is 0. The summed E-state index contributed by atoms with van der Waals surface area (Å²) < 4.78 is 49.5. The van der Waals surface area contributed by atoms with Gasteiger partial charge in [0.25, 0.3) is 0 Å². The molecule has 0 saturated carbocycles. The van der Waals surface area contributed by atoms with Gasteiger partial charge in [0.1, 0.15) is 5.75 Å². The second-order valence-corrected chi connectivity index (χ2v) is 9.48. The van der Waals surface area contributed by atoms with Gasteiger partial charge in [-0.05, 0) is 57.5 Å². The summed E-state index contributed by atoms with van der Waals surface area (Å²) in [6.07, 6.45) is 4.91. The normalized spacial score (nSPS) is 17.0. The van der Waals surface area contributed by atoms with E-state index in [1.54, 1.807) is 7.11 Å². The maximum absolute atomic E-state index is 14.0. The molecule has 1 heterocycles. The lowest BCUT2D eigenvalue weighted by Gasteiger charge is -2.22. The number of allylic oxidation sites excluding steroid dienone is 1. The summed E-state index contributed by atoms with van der Waals surface area (Å²) in [7, 11) is 1.66. The van der Waals surface area contributed by atoms with E-state index in [0.29, 0.717) is 5.56 Å². The summed E-state index contributed by atoms with van der Waals surface area (Å²) in [6, 6.07) is 16.4. The highest BCUT2D eigenvalue weighted by molar-refractivity contribution is 6.05. The highest BCUT2D eigenvalue weighted by Gasteiger charge is 2.46. The Morgan fingerprint density at radius 3 is 2.22 bits per heavy atom. The van der Waals surface area contributed by atoms with Gasteiger partial charge in [-0.1, -0.05) is 25.1 Å². The molecule has 3 aromatic rings. The number of halogens is 3. The summed E-state index contributed by atoms with van der Waals surface area (Å²) in [5, 5.41) is 0. The van der Waals surface area contributed by atoms with Crippen LogP contribution in [0.3, 0.4) is 0 Å². The van der Waals surface area contributed by atoms with Crippen molar-refractivity contribution in [3.8, 4) is 5.75 Å². The van der Waals surface area contributed by atoms with Gasteiger partial charge in [0.15, 0.2) is 29.7 Å². The molecule has 3 nitrogen and oxygen atoms in total. The predicted molar refractivity (Wildman–Crippen MR) is 145 cm³/mol. The molecule has 3 aromatic carbocycles. The Morgan fingerprint density at radius 2 is 1.59 bits per heavy atom. The predicted octanol–water partition coefficient (Wildman–Crippen LogP) is 7.64. The quantitative estimate of drug-likeness (QED) is 0.218. The molecule has 0 spiro atoms. The van der Waals surface area contributed by atoms with Crippen molar-refractivity contribution >= 4 is 23.2 Å². The molecule has 6 heteroatoms. The summed E-state index contributed by atoms with van der Waals surface area (Å²) in [5.41, 5.74) is 5.18. The zero-order chi connectivity index (χ0) is 26.7. The van der Waals surface area contributed by atoms with Crippen molar-refractivity contribution < 1.29 is 22.5 Å². The van der Waals surface area contributed by atoms with Crippen molar-refractivity contribution in [2.45, 2.75) is 46.1 Å². The molecule has 4 rings (SSSR count). The first kappa shape index (κ1) is 26.5. The van der Waals surface area contributed by atoms with Crippen LogP contribution in [0.2, 0.25) is 0 Å². The van der Waals surface area contributed by atoms with E-state index in [-0.39, 0.29) is 12.0 Å². The lowest BCUT2D eigenvalue weighted by molar-refractivity contribution is -0.455. The van der Waals surface area contributed by atoms with Gasteiger partial charge in [0.05, 0.1) is 12.5 Å². The number of ether oxygens (including phenoxy) is 1. The number of anilines is 1. The molecule has 0 saturated heterocycles. The van der Waals surface area contributed by atoms with Crippen LogP contribution in [-0.2, 0) is 12.0 Å². The summed E-state index contributed by atoms with van der Waals surface area (Å²) in [4.78, 5) is 2.26. The van der Waals surface area contributed by atoms with E-state index >= 15 is 0 Å². The van der Waals surface area contributed by atoms with E-state index in [1.165, 1.54) is 0 Å². The lowest BCUT2D eigenvalue weighted by atomic mass is 9.77. The molecule has 1 unspecified atom stereocenters. The number of nitrogens with zero attached hydrogens (tertiary/aromatic N) is 2. The van der Waals surface area contributed by atoms with Crippen LogP contribution in [0.15, 0.2) is 60.7 Å². The fourth-order valence-electron chi connectivity index (χ4n) is 5.23. The molecule has 0 aromatic heterocycles. The number of rotatable bonds is 9. The second-order valence-electron chi connectivity index (χ2n) is 9.48. The van der Waals surface area contributed by atoms with Gasteiger partial charge in [0.2, 0.25) is 5.69 Å². The fourth-order valence-corrected chi connectivity index (χ4v) is 5.23. The van der Waals surface area contributed by atoms with Gasteiger partial charge in [-0.15, -0.1) is 0 Å². The monoisotopic (exact) mass is 507 g/mol. The first-order chi connectivity index (χ1) is 17.8. The van der Waals surface area contributed by atoms with Gasteiger partial charge < -0.3 is 9.64 Å². The van der Waals surface area contributed by atoms with Crippen molar-refractivity contribution in [3.63, 3.8) is 0 Å². The van der Waals surface area contributed by atoms with Crippen molar-refractivity contribution in [2.24, 2.45) is 0 Å². The Kier molecular flexibility index (Phi) is 7.76. The number of para-hydroxylation sites is 1. The minimum absolute atomic E-state index is 0.207. The number of hydrogen-bond acceptors (Lipinski definition) is 2. The minimum Gasteiger partial charge on any atom is -0.496 e. The van der Waals surface area contributed by atoms with Crippen LogP contribution < -0.4 is 9.64 Å². The second kappa shape index (κ2) is 10.8. The molecule has 37 heavy (non-hydrogen) atoms. The van der Waals surface area contributed by atoms with Gasteiger partial charge in [-0.3, -0.25) is 0 Å². The van der Waals surface area contributed by atoms with Gasteiger partial charge in [-0.2, -0.15) is 4.58 Å². The SMILES string of the molecule is CCN(CC)c1ccc(/C=C/C2=[N+](Cc3cc(F)c(F)c(F)c3)c3ccccc3C2(C)CC)c(OC)c1. The minimum atomic E-state index is -1.45. The molecule has 1 aliphatic heterocycles. The maximum Gasteiger partial charge on any atom is 0.210 e. The van der Waals surface area contributed by atoms with E-state index in [0.717, 1.165) is 65.6 Å². The topological polar surface area (TPSA) is 15.5 Å². The van der Waals surface area contributed by atoms with Crippen molar-refractivity contribution in [1.82, 2.24) is 0 Å². The van der Waals surface area contributed by atoms with Crippen LogP contribution in [0.1, 0.15) is 50.8 Å². The van der Waals surface area contributed by atoms with Crippen molar-refractivity contribution in [1.29, 1.82) is 0 Å². The molecule has 1 atom stereocenters.